The van der Waals surface area contributed by atoms with Crippen LogP contribution in [0.5, 0.6) is 0 Å². The summed E-state index contributed by atoms with van der Waals surface area (Å²) in [4.78, 5) is 19.7. The van der Waals surface area contributed by atoms with Gasteiger partial charge in [-0.1, -0.05) is 18.2 Å². The molecule has 0 aliphatic carbocycles. The first-order valence-corrected chi connectivity index (χ1v) is 9.79. The zero-order valence-corrected chi connectivity index (χ0v) is 16.1. The fourth-order valence-corrected chi connectivity index (χ4v) is 4.04. The third-order valence-electron chi connectivity index (χ3n) is 6.07. The molecule has 0 saturated carbocycles. The van der Waals surface area contributed by atoms with E-state index >= 15 is 0 Å². The van der Waals surface area contributed by atoms with E-state index in [1.165, 1.54) is 42.9 Å². The summed E-state index contributed by atoms with van der Waals surface area (Å²) in [5, 5.41) is 0. The molecule has 1 aromatic rings. The monoisotopic (exact) mass is 343 g/mol. The van der Waals surface area contributed by atoms with Crippen molar-refractivity contribution in [3.05, 3.63) is 34.9 Å². The Morgan fingerprint density at radius 2 is 1.68 bits per heavy atom. The Bertz CT molecular complexity index is 585. The Kier molecular flexibility index (Phi) is 6.13. The molecule has 0 bridgehead atoms. The number of likely N-dealkylation sites (N-methyl/N-ethyl adjacent to an activating group) is 1. The molecule has 1 amide bonds. The van der Waals surface area contributed by atoms with E-state index in [1.807, 2.05) is 0 Å². The molecule has 0 radical (unpaired) electrons. The van der Waals surface area contributed by atoms with Crippen molar-refractivity contribution < 1.29 is 4.79 Å². The second kappa shape index (κ2) is 8.33. The molecular formula is C21H33N3O. The lowest BCUT2D eigenvalue weighted by Crippen LogP contribution is -2.53. The number of carbonyl (C=O) groups is 1. The zero-order chi connectivity index (χ0) is 17.8. The van der Waals surface area contributed by atoms with E-state index in [2.05, 4.69) is 53.8 Å². The molecule has 2 aliphatic heterocycles. The average molecular weight is 344 g/mol. The van der Waals surface area contributed by atoms with Gasteiger partial charge in [-0.15, -0.1) is 0 Å². The number of carbonyl (C=O) groups excluding carboxylic acids is 1. The molecule has 2 fully saturated rings. The van der Waals surface area contributed by atoms with Gasteiger partial charge in [-0.05, 0) is 56.8 Å². The van der Waals surface area contributed by atoms with Crippen LogP contribution in [0, 0.1) is 13.8 Å². The van der Waals surface area contributed by atoms with Crippen LogP contribution in [0.1, 0.15) is 36.0 Å². The summed E-state index contributed by atoms with van der Waals surface area (Å²) >= 11 is 0. The number of hydrogen-bond acceptors (Lipinski definition) is 3. The van der Waals surface area contributed by atoms with Gasteiger partial charge in [0, 0.05) is 51.7 Å². The van der Waals surface area contributed by atoms with E-state index in [-0.39, 0.29) is 0 Å². The van der Waals surface area contributed by atoms with Gasteiger partial charge in [0.2, 0.25) is 5.91 Å². The molecule has 4 nitrogen and oxygen atoms in total. The molecule has 25 heavy (non-hydrogen) atoms. The van der Waals surface area contributed by atoms with Crippen molar-refractivity contribution >= 4 is 5.91 Å². The summed E-state index contributed by atoms with van der Waals surface area (Å²) in [5.41, 5.74) is 3.92. The quantitative estimate of drug-likeness (QED) is 0.840. The minimum absolute atomic E-state index is 0.329. The Morgan fingerprint density at radius 3 is 2.32 bits per heavy atom. The molecule has 2 saturated heterocycles. The second-order valence-corrected chi connectivity index (χ2v) is 7.87. The highest BCUT2D eigenvalue weighted by molar-refractivity contribution is 5.76. The summed E-state index contributed by atoms with van der Waals surface area (Å²) in [6.07, 6.45) is 3.78. The van der Waals surface area contributed by atoms with Gasteiger partial charge in [-0.3, -0.25) is 9.69 Å². The number of piperidine rings is 1. The van der Waals surface area contributed by atoms with Gasteiger partial charge in [0.25, 0.3) is 0 Å². The number of likely N-dealkylation sites (tertiary alicyclic amines) is 1. The first-order chi connectivity index (χ1) is 12.0. The molecular weight excluding hydrogens is 310 g/mol. The zero-order valence-electron chi connectivity index (χ0n) is 16.1. The number of piperazine rings is 1. The maximum atomic E-state index is 12.6. The van der Waals surface area contributed by atoms with E-state index in [0.29, 0.717) is 18.4 Å². The van der Waals surface area contributed by atoms with Gasteiger partial charge in [0.15, 0.2) is 0 Å². The standard InChI is InChI=1S/C21H33N3O/c1-17-4-5-19(16-18(17)2)6-7-21(25)24-10-8-20(9-11-24)23-14-12-22(3)13-15-23/h4-5,16,20H,6-15H2,1-3H3. The van der Waals surface area contributed by atoms with Crippen molar-refractivity contribution in [1.82, 2.24) is 14.7 Å². The number of hydrogen-bond donors (Lipinski definition) is 0. The molecule has 0 spiro atoms. The minimum atomic E-state index is 0.329. The Balaban J connectivity index is 1.43. The summed E-state index contributed by atoms with van der Waals surface area (Å²) in [7, 11) is 2.20. The Labute approximate surface area is 152 Å². The van der Waals surface area contributed by atoms with Crippen molar-refractivity contribution in [2.45, 2.75) is 45.6 Å². The van der Waals surface area contributed by atoms with Gasteiger partial charge in [0.05, 0.1) is 0 Å². The van der Waals surface area contributed by atoms with E-state index < -0.39 is 0 Å². The first-order valence-electron chi connectivity index (χ1n) is 9.79. The fourth-order valence-electron chi connectivity index (χ4n) is 4.04. The van der Waals surface area contributed by atoms with E-state index in [9.17, 15) is 4.79 Å². The predicted octanol–water partition coefficient (Wildman–Crippen LogP) is 2.47. The predicted molar refractivity (Wildman–Crippen MR) is 103 cm³/mol. The summed E-state index contributed by atoms with van der Waals surface area (Å²) in [5.74, 6) is 0.329. The number of benzene rings is 1. The van der Waals surface area contributed by atoms with E-state index in [1.54, 1.807) is 0 Å². The van der Waals surface area contributed by atoms with Gasteiger partial charge in [-0.2, -0.15) is 0 Å². The minimum Gasteiger partial charge on any atom is -0.343 e. The Hall–Kier alpha value is -1.39. The number of aryl methyl sites for hydroxylation is 3. The van der Waals surface area contributed by atoms with Crippen molar-refractivity contribution in [1.29, 1.82) is 0 Å². The van der Waals surface area contributed by atoms with E-state index in [0.717, 1.165) is 32.4 Å². The fraction of sp³-hybridized carbons (Fsp3) is 0.667. The SMILES string of the molecule is Cc1ccc(CCC(=O)N2CCC(N3CCN(C)CC3)CC2)cc1C. The summed E-state index contributed by atoms with van der Waals surface area (Å²) in [6, 6.07) is 7.23. The molecule has 2 aliphatic rings. The first kappa shape index (κ1) is 18.4. The lowest BCUT2D eigenvalue weighted by molar-refractivity contribution is -0.132. The van der Waals surface area contributed by atoms with Crippen LogP contribution in [0.2, 0.25) is 0 Å². The second-order valence-electron chi connectivity index (χ2n) is 7.87. The highest BCUT2D eigenvalue weighted by atomic mass is 16.2. The largest absolute Gasteiger partial charge is 0.343 e. The average Bonchev–Trinajstić information content (AvgIpc) is 2.63. The van der Waals surface area contributed by atoms with Crippen LogP contribution < -0.4 is 0 Å². The maximum Gasteiger partial charge on any atom is 0.222 e. The lowest BCUT2D eigenvalue weighted by atomic mass is 10.0. The molecule has 3 rings (SSSR count). The smallest absolute Gasteiger partial charge is 0.222 e. The molecule has 138 valence electrons. The van der Waals surface area contributed by atoms with Crippen LogP contribution in [0.25, 0.3) is 0 Å². The summed E-state index contributed by atoms with van der Waals surface area (Å²) in [6.45, 7) is 10.9. The van der Waals surface area contributed by atoms with Gasteiger partial charge >= 0.3 is 0 Å². The van der Waals surface area contributed by atoms with Crippen LogP contribution in [0.4, 0.5) is 0 Å². The van der Waals surface area contributed by atoms with Gasteiger partial charge in [-0.25, -0.2) is 0 Å². The van der Waals surface area contributed by atoms with Crippen LogP contribution in [0.15, 0.2) is 18.2 Å². The Morgan fingerprint density at radius 1 is 1.00 bits per heavy atom. The third kappa shape index (κ3) is 4.83. The van der Waals surface area contributed by atoms with Crippen molar-refractivity contribution in [3.8, 4) is 0 Å². The molecule has 1 aromatic carbocycles. The molecule has 0 aromatic heterocycles. The topological polar surface area (TPSA) is 26.8 Å². The highest BCUT2D eigenvalue weighted by Gasteiger charge is 2.28. The van der Waals surface area contributed by atoms with Crippen molar-refractivity contribution in [2.75, 3.05) is 46.3 Å². The van der Waals surface area contributed by atoms with Crippen molar-refractivity contribution in [3.63, 3.8) is 0 Å². The van der Waals surface area contributed by atoms with Gasteiger partial charge in [0.1, 0.15) is 0 Å². The number of nitrogens with zero attached hydrogens (tertiary/aromatic N) is 3. The molecule has 4 heteroatoms. The maximum absolute atomic E-state index is 12.6. The lowest BCUT2D eigenvalue weighted by Gasteiger charge is -2.42. The van der Waals surface area contributed by atoms with Crippen LogP contribution in [0.3, 0.4) is 0 Å². The van der Waals surface area contributed by atoms with Crippen LogP contribution in [-0.4, -0.2) is 73.0 Å². The van der Waals surface area contributed by atoms with Crippen LogP contribution in [-0.2, 0) is 11.2 Å². The summed E-state index contributed by atoms with van der Waals surface area (Å²) < 4.78 is 0. The molecule has 2 heterocycles. The normalized spacial score (nSPS) is 20.8. The van der Waals surface area contributed by atoms with Crippen molar-refractivity contribution in [2.24, 2.45) is 0 Å². The molecule has 0 unspecified atom stereocenters. The van der Waals surface area contributed by atoms with Gasteiger partial charge < -0.3 is 9.80 Å². The van der Waals surface area contributed by atoms with Crippen LogP contribution >= 0.6 is 0 Å². The third-order valence-corrected chi connectivity index (χ3v) is 6.07. The molecule has 0 N–H and O–H groups in total. The molecule has 0 atom stereocenters. The highest BCUT2D eigenvalue weighted by Crippen LogP contribution is 2.19. The van der Waals surface area contributed by atoms with E-state index in [4.69, 9.17) is 0 Å². The number of amides is 1. The number of rotatable bonds is 4.